The van der Waals surface area contributed by atoms with E-state index in [1.165, 1.54) is 392 Å². The molecule has 0 aromatic heterocycles. The van der Waals surface area contributed by atoms with Crippen molar-refractivity contribution in [2.24, 2.45) is 5.73 Å². The van der Waals surface area contributed by atoms with Gasteiger partial charge in [0.25, 0.3) is 0 Å². The number of phosphoric acid groups is 1. The van der Waals surface area contributed by atoms with Gasteiger partial charge in [-0.05, 0) is 12.8 Å². The normalized spacial score (nSPS) is 12.7. The maximum Gasteiger partial charge on any atom is 0.472 e. The Hall–Kier alpha value is -0.990. The van der Waals surface area contributed by atoms with E-state index in [0.717, 1.165) is 32.1 Å². The fourth-order valence-corrected chi connectivity index (χ4v) is 13.6. The van der Waals surface area contributed by atoms with Crippen LogP contribution in [0, 0.1) is 0 Å². The van der Waals surface area contributed by atoms with Crippen molar-refractivity contribution in [2.75, 3.05) is 26.4 Å². The van der Waals surface area contributed by atoms with Crippen LogP contribution in [0.1, 0.15) is 457 Å². The molecule has 0 spiro atoms. The molecule has 3 N–H and O–H groups in total. The Morgan fingerprint density at radius 2 is 0.489 bits per heavy atom. The predicted molar refractivity (Wildman–Crippen MR) is 382 cm³/mol. The molecule has 0 bridgehead atoms. The molecule has 2 unspecified atom stereocenters. The Labute approximate surface area is 549 Å². The molecule has 0 rings (SSSR count). The molecule has 0 aliphatic heterocycles. The number of unbranched alkanes of at least 4 members (excludes halogenated alkanes) is 65. The van der Waals surface area contributed by atoms with Gasteiger partial charge in [-0.2, -0.15) is 0 Å². The summed E-state index contributed by atoms with van der Waals surface area (Å²) in [7, 11) is -4.39. The van der Waals surface area contributed by atoms with Gasteiger partial charge in [0.15, 0.2) is 6.10 Å². The minimum Gasteiger partial charge on any atom is -0.462 e. The average Bonchev–Trinajstić information content (AvgIpc) is 3.71. The molecule has 0 amide bonds. The number of esters is 2. The Kier molecular flexibility index (Phi) is 74.2. The molecule has 0 heterocycles. The van der Waals surface area contributed by atoms with E-state index in [1.54, 1.807) is 0 Å². The summed E-state index contributed by atoms with van der Waals surface area (Å²) in [6, 6.07) is 0. The van der Waals surface area contributed by atoms with Crippen LogP contribution in [0.5, 0.6) is 0 Å². The molecule has 0 aliphatic carbocycles. The van der Waals surface area contributed by atoms with Crippen molar-refractivity contribution in [3.63, 3.8) is 0 Å². The molecule has 526 valence electrons. The van der Waals surface area contributed by atoms with Crippen molar-refractivity contribution in [1.82, 2.24) is 0 Å². The lowest BCUT2D eigenvalue weighted by molar-refractivity contribution is -0.161. The van der Waals surface area contributed by atoms with Gasteiger partial charge in [0.05, 0.1) is 13.2 Å². The fraction of sp³-hybridized carbons (Fsp3) is 0.974. The number of ether oxygens (including phenoxy) is 2. The maximum absolute atomic E-state index is 12.8. The second-order valence-corrected chi connectivity index (χ2v) is 29.1. The maximum atomic E-state index is 12.8. The number of hydrogen-bond donors (Lipinski definition) is 2. The number of rotatable bonds is 78. The molecule has 2 atom stereocenters. The monoisotopic (exact) mass is 1270 g/mol. The van der Waals surface area contributed by atoms with Crippen molar-refractivity contribution in [2.45, 2.75) is 463 Å². The summed E-state index contributed by atoms with van der Waals surface area (Å²) in [5, 5.41) is 0. The molecule has 0 saturated carbocycles. The SMILES string of the molecule is CCCCCCCCCCCCCCCCCCCCCCCCCCCCCCCCCCCCCCCCCC(=O)OC(COC(=O)CCCCCCCCCCCCCCCCCCCCCCCCCCCCCC)COP(=O)(O)OCCN. The summed E-state index contributed by atoms with van der Waals surface area (Å²) in [5.74, 6) is -0.794. The van der Waals surface area contributed by atoms with Crippen LogP contribution >= 0.6 is 7.82 Å². The van der Waals surface area contributed by atoms with E-state index in [-0.39, 0.29) is 32.1 Å². The van der Waals surface area contributed by atoms with Crippen LogP contribution in [-0.2, 0) is 32.7 Å². The first kappa shape index (κ1) is 87.0. The van der Waals surface area contributed by atoms with E-state index in [0.29, 0.717) is 12.8 Å². The van der Waals surface area contributed by atoms with Crippen LogP contribution in [0.25, 0.3) is 0 Å². The topological polar surface area (TPSA) is 134 Å². The summed E-state index contributed by atoms with van der Waals surface area (Å²) >= 11 is 0. The van der Waals surface area contributed by atoms with Gasteiger partial charge in [-0.3, -0.25) is 18.6 Å². The van der Waals surface area contributed by atoms with Crippen molar-refractivity contribution in [1.29, 1.82) is 0 Å². The van der Waals surface area contributed by atoms with Crippen molar-refractivity contribution in [3.8, 4) is 0 Å². The molecular formula is C78H156NO8P. The second kappa shape index (κ2) is 75.0. The first-order valence-electron chi connectivity index (χ1n) is 40.0. The quantitative estimate of drug-likeness (QED) is 0.0347. The molecular weight excluding hydrogens is 1110 g/mol. The molecule has 0 radical (unpaired) electrons. The Balaban J connectivity index is 3.71. The highest BCUT2D eigenvalue weighted by Crippen LogP contribution is 2.43. The number of nitrogens with two attached hydrogens (primary N) is 1. The summed E-state index contributed by atoms with van der Waals surface area (Å²) in [6.07, 6.45) is 91.2. The third-order valence-corrected chi connectivity index (χ3v) is 19.7. The van der Waals surface area contributed by atoms with E-state index in [1.807, 2.05) is 0 Å². The molecule has 0 aromatic carbocycles. The molecule has 0 saturated heterocycles. The highest BCUT2D eigenvalue weighted by Gasteiger charge is 2.26. The van der Waals surface area contributed by atoms with Gasteiger partial charge in [-0.15, -0.1) is 0 Å². The summed E-state index contributed by atoms with van der Waals surface area (Å²) < 4.78 is 33.3. The zero-order valence-electron chi connectivity index (χ0n) is 59.5. The van der Waals surface area contributed by atoms with Crippen molar-refractivity contribution < 1.29 is 37.6 Å². The van der Waals surface area contributed by atoms with E-state index < -0.39 is 26.5 Å². The first-order chi connectivity index (χ1) is 43.3. The first-order valence-corrected chi connectivity index (χ1v) is 41.5. The highest BCUT2D eigenvalue weighted by atomic mass is 31.2. The van der Waals surface area contributed by atoms with Crippen LogP contribution < -0.4 is 5.73 Å². The van der Waals surface area contributed by atoms with E-state index in [9.17, 15) is 19.0 Å². The zero-order chi connectivity index (χ0) is 63.7. The van der Waals surface area contributed by atoms with Crippen LogP contribution in [0.3, 0.4) is 0 Å². The minimum atomic E-state index is -4.39. The minimum absolute atomic E-state index is 0.0589. The highest BCUT2D eigenvalue weighted by molar-refractivity contribution is 7.47. The van der Waals surface area contributed by atoms with Gasteiger partial charge < -0.3 is 20.1 Å². The summed E-state index contributed by atoms with van der Waals surface area (Å²) in [6.45, 7) is 3.86. The lowest BCUT2D eigenvalue weighted by Gasteiger charge is -2.19. The summed E-state index contributed by atoms with van der Waals surface area (Å²) in [4.78, 5) is 35.4. The van der Waals surface area contributed by atoms with Gasteiger partial charge in [0.2, 0.25) is 0 Å². The number of phosphoric ester groups is 1. The van der Waals surface area contributed by atoms with Gasteiger partial charge in [0.1, 0.15) is 6.61 Å². The Morgan fingerprint density at radius 3 is 0.693 bits per heavy atom. The fourth-order valence-electron chi connectivity index (χ4n) is 12.8. The molecule has 10 heteroatoms. The molecule has 0 fully saturated rings. The van der Waals surface area contributed by atoms with Crippen LogP contribution in [0.2, 0.25) is 0 Å². The smallest absolute Gasteiger partial charge is 0.462 e. The largest absolute Gasteiger partial charge is 0.472 e. The van der Waals surface area contributed by atoms with Gasteiger partial charge >= 0.3 is 19.8 Å². The average molecular weight is 1270 g/mol. The molecule has 88 heavy (non-hydrogen) atoms. The molecule has 0 aromatic rings. The molecule has 0 aliphatic rings. The third-order valence-electron chi connectivity index (χ3n) is 18.7. The van der Waals surface area contributed by atoms with Crippen molar-refractivity contribution in [3.05, 3.63) is 0 Å². The molecule has 9 nitrogen and oxygen atoms in total. The Morgan fingerprint density at radius 1 is 0.295 bits per heavy atom. The van der Waals surface area contributed by atoms with Crippen molar-refractivity contribution >= 4 is 19.8 Å². The van der Waals surface area contributed by atoms with E-state index in [2.05, 4.69) is 13.8 Å². The third kappa shape index (κ3) is 74.1. The zero-order valence-corrected chi connectivity index (χ0v) is 60.4. The number of hydrogen-bond acceptors (Lipinski definition) is 8. The van der Waals surface area contributed by atoms with Crippen LogP contribution in [0.4, 0.5) is 0 Å². The van der Waals surface area contributed by atoms with E-state index in [4.69, 9.17) is 24.3 Å². The van der Waals surface area contributed by atoms with Gasteiger partial charge in [-0.25, -0.2) is 4.57 Å². The van der Waals surface area contributed by atoms with Crippen LogP contribution in [-0.4, -0.2) is 49.3 Å². The lowest BCUT2D eigenvalue weighted by Crippen LogP contribution is -2.29. The Bertz CT molecular complexity index is 1400. The number of carbonyl (C=O) groups excluding carboxylic acids is 2. The second-order valence-electron chi connectivity index (χ2n) is 27.7. The van der Waals surface area contributed by atoms with E-state index >= 15 is 0 Å². The number of carbonyl (C=O) groups is 2. The van der Waals surface area contributed by atoms with Crippen LogP contribution in [0.15, 0.2) is 0 Å². The standard InChI is InChI=1S/C78H156NO8P/c1-3-5-7-9-11-13-15-17-19-21-23-25-27-29-31-33-34-35-36-37-38-39-40-41-42-43-45-47-49-51-53-55-57-59-61-63-65-67-69-71-78(81)87-76(75-86-88(82,83)85-73-72-79)74-84-77(80)70-68-66-64-62-60-58-56-54-52-50-48-46-44-32-30-28-26-24-22-20-18-16-14-12-10-8-6-4-2/h76H,3-75,79H2,1-2H3,(H,82,83). The predicted octanol–water partition coefficient (Wildman–Crippen LogP) is 26.5. The summed E-state index contributed by atoms with van der Waals surface area (Å²) in [5.41, 5.74) is 5.41. The van der Waals surface area contributed by atoms with Gasteiger partial charge in [-0.1, -0.05) is 431 Å². The lowest BCUT2D eigenvalue weighted by atomic mass is 10.0. The van der Waals surface area contributed by atoms with Gasteiger partial charge in [0, 0.05) is 19.4 Å².